The van der Waals surface area contributed by atoms with Crippen LogP contribution in [0.1, 0.15) is 17.5 Å². The number of benzene rings is 1. The Kier molecular flexibility index (Phi) is 5.01. The summed E-state index contributed by atoms with van der Waals surface area (Å²) >= 11 is 0. The van der Waals surface area contributed by atoms with Crippen LogP contribution in [0, 0.1) is 34.4 Å². The van der Waals surface area contributed by atoms with E-state index in [9.17, 15) is 19.7 Å². The molecule has 2 atom stereocenters. The summed E-state index contributed by atoms with van der Waals surface area (Å²) in [6, 6.07) is 13.5. The number of amides is 1. The van der Waals surface area contributed by atoms with Gasteiger partial charge in [0.2, 0.25) is 6.04 Å². The molecular weight excluding hydrogens is 295 g/mol. The lowest BCUT2D eigenvalue weighted by atomic mass is 9.81. The van der Waals surface area contributed by atoms with E-state index in [1.165, 1.54) is 22.8 Å². The zero-order chi connectivity index (χ0) is 16.8. The van der Waals surface area contributed by atoms with Gasteiger partial charge >= 0.3 is 0 Å². The fourth-order valence-corrected chi connectivity index (χ4v) is 2.57. The van der Waals surface area contributed by atoms with Crippen molar-refractivity contribution in [3.05, 3.63) is 66.2 Å². The summed E-state index contributed by atoms with van der Waals surface area (Å²) in [7, 11) is 0. The third kappa shape index (κ3) is 3.33. The second-order valence-electron chi connectivity index (χ2n) is 4.95. The maximum atomic E-state index is 14.2. The zero-order valence-corrected chi connectivity index (χ0v) is 12.1. The van der Waals surface area contributed by atoms with E-state index in [2.05, 4.69) is 0 Å². The normalized spacial score (nSPS) is 12.9. The van der Waals surface area contributed by atoms with Crippen molar-refractivity contribution >= 4 is 5.91 Å². The van der Waals surface area contributed by atoms with Crippen LogP contribution in [0.3, 0.4) is 0 Å². The van der Waals surface area contributed by atoms with Crippen LogP contribution < -0.4 is 10.3 Å². The molecule has 1 aromatic carbocycles. The van der Waals surface area contributed by atoms with Crippen molar-refractivity contribution in [2.24, 2.45) is 11.7 Å². The third-order valence-corrected chi connectivity index (χ3v) is 3.59. The monoisotopic (exact) mass is 309 g/mol. The smallest absolute Gasteiger partial charge is 0.287 e. The maximum absolute atomic E-state index is 14.2. The first-order valence-corrected chi connectivity index (χ1v) is 6.89. The van der Waals surface area contributed by atoms with Crippen LogP contribution in [0.2, 0.25) is 0 Å². The number of primary amides is 1. The average molecular weight is 309 g/mol. The maximum Gasteiger partial charge on any atom is 0.287 e. The lowest BCUT2D eigenvalue weighted by Crippen LogP contribution is -2.50. The molecular formula is C17H14FN4O+. The average Bonchev–Trinajstić information content (AvgIpc) is 2.56. The van der Waals surface area contributed by atoms with Gasteiger partial charge in [0.05, 0.1) is 18.1 Å². The van der Waals surface area contributed by atoms with Gasteiger partial charge in [0.1, 0.15) is 11.7 Å². The fraction of sp³-hybridized carbons (Fsp3) is 0.176. The molecule has 2 N–H and O–H groups in total. The van der Waals surface area contributed by atoms with Crippen molar-refractivity contribution < 1.29 is 13.8 Å². The van der Waals surface area contributed by atoms with Crippen LogP contribution in [0.5, 0.6) is 0 Å². The molecule has 1 aromatic heterocycles. The summed E-state index contributed by atoms with van der Waals surface area (Å²) in [6.07, 6.45) is 3.18. The molecule has 1 heterocycles. The molecule has 0 fully saturated rings. The third-order valence-electron chi connectivity index (χ3n) is 3.59. The molecule has 114 valence electrons. The van der Waals surface area contributed by atoms with E-state index in [0.29, 0.717) is 0 Å². The molecule has 0 bridgehead atoms. The SMILES string of the molecule is N#CC(C#N)[C@@H](c1ccccc1F)[C@H](C(N)=O)[n+]1ccccc1. The Morgan fingerprint density at radius 2 is 1.70 bits per heavy atom. The van der Waals surface area contributed by atoms with Crippen molar-refractivity contribution in [3.8, 4) is 12.1 Å². The molecule has 0 aliphatic heterocycles. The van der Waals surface area contributed by atoms with Crippen molar-refractivity contribution in [3.63, 3.8) is 0 Å². The number of pyridine rings is 1. The lowest BCUT2D eigenvalue weighted by molar-refractivity contribution is -0.712. The highest BCUT2D eigenvalue weighted by Crippen LogP contribution is 2.33. The molecule has 0 aliphatic rings. The number of halogens is 1. The van der Waals surface area contributed by atoms with Crippen molar-refractivity contribution in [2.45, 2.75) is 12.0 Å². The number of nitrogens with zero attached hydrogens (tertiary/aromatic N) is 3. The number of hydrogen-bond acceptors (Lipinski definition) is 3. The summed E-state index contributed by atoms with van der Waals surface area (Å²) in [5.41, 5.74) is 5.62. The van der Waals surface area contributed by atoms with E-state index in [-0.39, 0.29) is 5.56 Å². The highest BCUT2D eigenvalue weighted by atomic mass is 19.1. The Morgan fingerprint density at radius 3 is 2.22 bits per heavy atom. The van der Waals surface area contributed by atoms with E-state index >= 15 is 0 Å². The summed E-state index contributed by atoms with van der Waals surface area (Å²) in [6.45, 7) is 0. The molecule has 5 nitrogen and oxygen atoms in total. The zero-order valence-electron chi connectivity index (χ0n) is 12.1. The van der Waals surface area contributed by atoms with Gasteiger partial charge in [-0.15, -0.1) is 0 Å². The number of carbonyl (C=O) groups is 1. The van der Waals surface area contributed by atoms with Gasteiger partial charge in [-0.05, 0) is 6.07 Å². The predicted octanol–water partition coefficient (Wildman–Crippen LogP) is 1.59. The number of rotatable bonds is 5. The van der Waals surface area contributed by atoms with Gasteiger partial charge in [0.25, 0.3) is 5.91 Å². The number of nitrogens with two attached hydrogens (primary N) is 1. The molecule has 0 saturated heterocycles. The molecule has 0 spiro atoms. The molecule has 0 unspecified atom stereocenters. The van der Waals surface area contributed by atoms with Crippen molar-refractivity contribution in [1.29, 1.82) is 10.5 Å². The summed E-state index contributed by atoms with van der Waals surface area (Å²) in [5.74, 6) is -3.58. The van der Waals surface area contributed by atoms with Crippen LogP contribution in [0.4, 0.5) is 4.39 Å². The summed E-state index contributed by atoms with van der Waals surface area (Å²) < 4.78 is 15.7. The Labute approximate surface area is 133 Å². The minimum Gasteiger partial charge on any atom is -0.364 e. The van der Waals surface area contributed by atoms with Gasteiger partial charge in [0, 0.05) is 17.7 Å². The first kappa shape index (κ1) is 16.1. The Hall–Kier alpha value is -3.25. The van der Waals surface area contributed by atoms with Crippen molar-refractivity contribution in [1.82, 2.24) is 0 Å². The van der Waals surface area contributed by atoms with Crippen LogP contribution in [-0.2, 0) is 4.79 Å². The summed E-state index contributed by atoms with van der Waals surface area (Å²) in [4.78, 5) is 12.0. The molecule has 0 radical (unpaired) electrons. The van der Waals surface area contributed by atoms with Crippen molar-refractivity contribution in [2.75, 3.05) is 0 Å². The van der Waals surface area contributed by atoms with Gasteiger partial charge in [-0.3, -0.25) is 4.79 Å². The molecule has 23 heavy (non-hydrogen) atoms. The summed E-state index contributed by atoms with van der Waals surface area (Å²) in [5, 5.41) is 18.5. The highest BCUT2D eigenvalue weighted by molar-refractivity contribution is 5.78. The first-order valence-electron chi connectivity index (χ1n) is 6.89. The standard InChI is InChI=1S/C17H13FN4O/c18-14-7-3-2-6-13(14)15(12(10-19)11-20)16(17(21)23)22-8-4-1-5-9-22/h1-9,12,15-16H,(H-,21,23)/p+1/t15-,16+/m0/s1. The lowest BCUT2D eigenvalue weighted by Gasteiger charge is -2.22. The van der Waals surface area contributed by atoms with Crippen LogP contribution >= 0.6 is 0 Å². The molecule has 0 saturated carbocycles. The Balaban J connectivity index is 2.65. The van der Waals surface area contributed by atoms with Gasteiger partial charge in [0.15, 0.2) is 12.4 Å². The van der Waals surface area contributed by atoms with Gasteiger partial charge in [-0.25, -0.2) is 4.39 Å². The number of aromatic nitrogens is 1. The second-order valence-corrected chi connectivity index (χ2v) is 4.95. The Bertz CT molecular complexity index is 765. The van der Waals surface area contributed by atoms with E-state index in [1.807, 2.05) is 12.1 Å². The molecule has 2 rings (SSSR count). The largest absolute Gasteiger partial charge is 0.364 e. The number of hydrogen-bond donors (Lipinski definition) is 1. The fourth-order valence-electron chi connectivity index (χ4n) is 2.57. The molecule has 0 aliphatic carbocycles. The van der Waals surface area contributed by atoms with Gasteiger partial charge in [-0.2, -0.15) is 15.1 Å². The topological polar surface area (TPSA) is 94.5 Å². The molecule has 6 heteroatoms. The second kappa shape index (κ2) is 7.15. The highest BCUT2D eigenvalue weighted by Gasteiger charge is 2.42. The predicted molar refractivity (Wildman–Crippen MR) is 78.7 cm³/mol. The molecule has 2 aromatic rings. The van der Waals surface area contributed by atoms with E-state index in [1.54, 1.807) is 36.7 Å². The van der Waals surface area contributed by atoms with E-state index in [4.69, 9.17) is 5.73 Å². The van der Waals surface area contributed by atoms with Gasteiger partial charge in [-0.1, -0.05) is 24.3 Å². The van der Waals surface area contributed by atoms with E-state index in [0.717, 1.165) is 0 Å². The Morgan fingerprint density at radius 1 is 1.09 bits per heavy atom. The number of nitriles is 2. The van der Waals surface area contributed by atoms with Crippen LogP contribution in [-0.4, -0.2) is 5.91 Å². The van der Waals surface area contributed by atoms with Crippen LogP contribution in [0.15, 0.2) is 54.9 Å². The first-order chi connectivity index (χ1) is 11.1. The molecule has 1 amide bonds. The minimum absolute atomic E-state index is 0.112. The van der Waals surface area contributed by atoms with Crippen LogP contribution in [0.25, 0.3) is 0 Å². The van der Waals surface area contributed by atoms with E-state index < -0.39 is 29.6 Å². The van der Waals surface area contributed by atoms with Gasteiger partial charge < -0.3 is 5.73 Å². The number of carbonyl (C=O) groups excluding carboxylic acids is 1. The minimum atomic E-state index is -1.22. The quantitative estimate of drug-likeness (QED) is 0.850.